The maximum Gasteiger partial charge on any atom is 0.223 e. The molecule has 1 saturated carbocycles. The van der Waals surface area contributed by atoms with Gasteiger partial charge in [-0.2, -0.15) is 0 Å². The van der Waals surface area contributed by atoms with Crippen LogP contribution in [0.4, 0.5) is 0 Å². The number of halogens is 1. The van der Waals surface area contributed by atoms with E-state index in [2.05, 4.69) is 5.32 Å². The Morgan fingerprint density at radius 1 is 1.50 bits per heavy atom. The Kier molecular flexibility index (Phi) is 4.12. The average molecular weight is 268 g/mol. The van der Waals surface area contributed by atoms with Gasteiger partial charge >= 0.3 is 0 Å². The summed E-state index contributed by atoms with van der Waals surface area (Å²) in [6.45, 7) is 4.44. The Morgan fingerprint density at radius 2 is 2.22 bits per heavy atom. The van der Waals surface area contributed by atoms with Crippen molar-refractivity contribution < 1.29 is 9.53 Å². The van der Waals surface area contributed by atoms with Crippen LogP contribution in [0.1, 0.15) is 32.3 Å². The fourth-order valence-corrected chi connectivity index (χ4v) is 1.93. The third-order valence-electron chi connectivity index (χ3n) is 2.77. The van der Waals surface area contributed by atoms with Crippen LogP contribution in [-0.2, 0) is 11.3 Å². The van der Waals surface area contributed by atoms with E-state index in [9.17, 15) is 4.79 Å². The summed E-state index contributed by atoms with van der Waals surface area (Å²) in [5, 5.41) is 3.50. The first-order valence-electron chi connectivity index (χ1n) is 6.29. The molecule has 0 heterocycles. The van der Waals surface area contributed by atoms with Crippen LogP contribution in [0.3, 0.4) is 0 Å². The Bertz CT molecular complexity index is 441. The molecule has 0 spiro atoms. The molecule has 3 nitrogen and oxygen atoms in total. The molecule has 1 aromatic rings. The Morgan fingerprint density at radius 3 is 2.78 bits per heavy atom. The van der Waals surface area contributed by atoms with Crippen LogP contribution in [-0.4, -0.2) is 12.0 Å². The summed E-state index contributed by atoms with van der Waals surface area (Å²) in [4.78, 5) is 11.5. The molecule has 18 heavy (non-hydrogen) atoms. The summed E-state index contributed by atoms with van der Waals surface area (Å²) in [5.74, 6) is 1.07. The summed E-state index contributed by atoms with van der Waals surface area (Å²) in [6.07, 6.45) is 2.14. The van der Waals surface area contributed by atoms with Crippen molar-refractivity contribution in [1.29, 1.82) is 0 Å². The van der Waals surface area contributed by atoms with Gasteiger partial charge in [-0.05, 0) is 44.4 Å². The summed E-state index contributed by atoms with van der Waals surface area (Å²) in [7, 11) is 0. The van der Waals surface area contributed by atoms with Crippen molar-refractivity contribution in [2.75, 3.05) is 0 Å². The smallest absolute Gasteiger partial charge is 0.223 e. The summed E-state index contributed by atoms with van der Waals surface area (Å²) in [5.41, 5.74) is 0.991. The standard InChI is InChI=1S/C14H18ClNO2/c1-9(2)18-13-6-3-10(7-12(13)15)8-16-14(17)11-4-5-11/h3,6-7,9,11H,4-5,8H2,1-2H3,(H,16,17). The van der Waals surface area contributed by atoms with E-state index >= 15 is 0 Å². The number of carbonyl (C=O) groups excluding carboxylic acids is 1. The first-order valence-corrected chi connectivity index (χ1v) is 6.67. The van der Waals surface area contributed by atoms with Gasteiger partial charge in [-0.1, -0.05) is 17.7 Å². The molecule has 0 saturated heterocycles. The molecular weight excluding hydrogens is 250 g/mol. The fourth-order valence-electron chi connectivity index (χ4n) is 1.68. The van der Waals surface area contributed by atoms with Gasteiger partial charge in [-0.25, -0.2) is 0 Å². The number of nitrogens with one attached hydrogen (secondary N) is 1. The highest BCUT2D eigenvalue weighted by Crippen LogP contribution is 2.29. The Balaban J connectivity index is 1.93. The molecule has 4 heteroatoms. The predicted molar refractivity (Wildman–Crippen MR) is 71.8 cm³/mol. The zero-order valence-electron chi connectivity index (χ0n) is 10.7. The third kappa shape index (κ3) is 3.64. The summed E-state index contributed by atoms with van der Waals surface area (Å²) in [6, 6.07) is 5.62. The lowest BCUT2D eigenvalue weighted by Crippen LogP contribution is -2.24. The van der Waals surface area contributed by atoms with Crippen LogP contribution >= 0.6 is 11.6 Å². The molecule has 0 bridgehead atoms. The van der Waals surface area contributed by atoms with E-state index in [0.717, 1.165) is 18.4 Å². The van der Waals surface area contributed by atoms with Crippen molar-refractivity contribution in [3.05, 3.63) is 28.8 Å². The van der Waals surface area contributed by atoms with Gasteiger partial charge in [0, 0.05) is 12.5 Å². The van der Waals surface area contributed by atoms with E-state index in [-0.39, 0.29) is 17.9 Å². The van der Waals surface area contributed by atoms with E-state index in [4.69, 9.17) is 16.3 Å². The van der Waals surface area contributed by atoms with Crippen LogP contribution in [0.5, 0.6) is 5.75 Å². The third-order valence-corrected chi connectivity index (χ3v) is 3.07. The maximum absolute atomic E-state index is 11.5. The zero-order valence-corrected chi connectivity index (χ0v) is 11.5. The second kappa shape index (κ2) is 5.61. The molecule has 1 aromatic carbocycles. The normalized spacial score (nSPS) is 14.7. The van der Waals surface area contributed by atoms with Gasteiger partial charge in [0.15, 0.2) is 0 Å². The molecule has 0 aromatic heterocycles. The van der Waals surface area contributed by atoms with Crippen molar-refractivity contribution in [3.63, 3.8) is 0 Å². The lowest BCUT2D eigenvalue weighted by molar-refractivity contribution is -0.122. The predicted octanol–water partition coefficient (Wildman–Crippen LogP) is 3.15. The van der Waals surface area contributed by atoms with Gasteiger partial charge in [-0.3, -0.25) is 4.79 Å². The molecule has 1 aliphatic rings. The molecule has 1 aliphatic carbocycles. The molecule has 1 fully saturated rings. The second-order valence-corrected chi connectivity index (χ2v) is 5.33. The zero-order chi connectivity index (χ0) is 13.1. The number of hydrogen-bond donors (Lipinski definition) is 1. The molecule has 1 amide bonds. The maximum atomic E-state index is 11.5. The number of hydrogen-bond acceptors (Lipinski definition) is 2. The van der Waals surface area contributed by atoms with Crippen molar-refractivity contribution in [3.8, 4) is 5.75 Å². The van der Waals surface area contributed by atoms with E-state index in [1.807, 2.05) is 32.0 Å². The van der Waals surface area contributed by atoms with Crippen LogP contribution < -0.4 is 10.1 Å². The summed E-state index contributed by atoms with van der Waals surface area (Å²) >= 11 is 6.13. The van der Waals surface area contributed by atoms with E-state index in [1.54, 1.807) is 0 Å². The second-order valence-electron chi connectivity index (χ2n) is 4.92. The quantitative estimate of drug-likeness (QED) is 0.890. The van der Waals surface area contributed by atoms with Gasteiger partial charge in [0.1, 0.15) is 5.75 Å². The van der Waals surface area contributed by atoms with E-state index in [0.29, 0.717) is 17.3 Å². The first-order chi connectivity index (χ1) is 8.56. The van der Waals surface area contributed by atoms with E-state index in [1.165, 1.54) is 0 Å². The van der Waals surface area contributed by atoms with Crippen LogP contribution in [0.15, 0.2) is 18.2 Å². The molecule has 0 aliphatic heterocycles. The molecular formula is C14H18ClNO2. The first kappa shape index (κ1) is 13.2. The number of rotatable bonds is 5. The van der Waals surface area contributed by atoms with Crippen LogP contribution in [0.2, 0.25) is 5.02 Å². The number of carbonyl (C=O) groups is 1. The molecule has 0 unspecified atom stereocenters. The van der Waals surface area contributed by atoms with E-state index < -0.39 is 0 Å². The van der Waals surface area contributed by atoms with Gasteiger partial charge in [0.2, 0.25) is 5.91 Å². The Labute approximate surface area is 112 Å². The molecule has 0 radical (unpaired) electrons. The largest absolute Gasteiger partial charge is 0.489 e. The number of amides is 1. The van der Waals surface area contributed by atoms with Crippen LogP contribution in [0.25, 0.3) is 0 Å². The lowest BCUT2D eigenvalue weighted by Gasteiger charge is -2.12. The number of benzene rings is 1. The van der Waals surface area contributed by atoms with Crippen molar-refractivity contribution >= 4 is 17.5 Å². The highest BCUT2D eigenvalue weighted by molar-refractivity contribution is 6.32. The highest BCUT2D eigenvalue weighted by atomic mass is 35.5. The number of ether oxygens (including phenoxy) is 1. The fraction of sp³-hybridized carbons (Fsp3) is 0.500. The monoisotopic (exact) mass is 267 g/mol. The highest BCUT2D eigenvalue weighted by Gasteiger charge is 2.29. The Hall–Kier alpha value is -1.22. The van der Waals surface area contributed by atoms with Crippen molar-refractivity contribution in [1.82, 2.24) is 5.32 Å². The van der Waals surface area contributed by atoms with Gasteiger partial charge < -0.3 is 10.1 Å². The van der Waals surface area contributed by atoms with Crippen LogP contribution in [0, 0.1) is 5.92 Å². The van der Waals surface area contributed by atoms with Gasteiger partial charge in [0.05, 0.1) is 11.1 Å². The minimum atomic E-state index is 0.0999. The van der Waals surface area contributed by atoms with Crippen molar-refractivity contribution in [2.45, 2.75) is 39.3 Å². The molecule has 0 atom stereocenters. The SMILES string of the molecule is CC(C)Oc1ccc(CNC(=O)C2CC2)cc1Cl. The minimum absolute atomic E-state index is 0.0999. The minimum Gasteiger partial charge on any atom is -0.489 e. The molecule has 2 rings (SSSR count). The van der Waals surface area contributed by atoms with Crippen molar-refractivity contribution in [2.24, 2.45) is 5.92 Å². The van der Waals surface area contributed by atoms with Gasteiger partial charge in [-0.15, -0.1) is 0 Å². The lowest BCUT2D eigenvalue weighted by atomic mass is 10.2. The van der Waals surface area contributed by atoms with Gasteiger partial charge in [0.25, 0.3) is 0 Å². The average Bonchev–Trinajstić information content (AvgIpc) is 3.12. The molecule has 98 valence electrons. The molecule has 1 N–H and O–H groups in total. The summed E-state index contributed by atoms with van der Waals surface area (Å²) < 4.78 is 5.55. The topological polar surface area (TPSA) is 38.3 Å².